The van der Waals surface area contributed by atoms with E-state index >= 15 is 0 Å². The maximum atomic E-state index is 10.6. The highest BCUT2D eigenvalue weighted by atomic mass is 16.6. The van der Waals surface area contributed by atoms with Crippen molar-refractivity contribution in [1.82, 2.24) is 0 Å². The number of hydrogen-bond donors (Lipinski definition) is 1. The second-order valence-corrected chi connectivity index (χ2v) is 5.74. The highest BCUT2D eigenvalue weighted by Gasteiger charge is 2.02. The van der Waals surface area contributed by atoms with E-state index < -0.39 is 4.92 Å². The number of hydrogen-bond acceptors (Lipinski definition) is 4. The van der Waals surface area contributed by atoms with E-state index in [0.29, 0.717) is 6.61 Å². The summed E-state index contributed by atoms with van der Waals surface area (Å²) in [4.78, 5) is 10.2. The molecule has 0 aliphatic carbocycles. The second-order valence-electron chi connectivity index (χ2n) is 5.74. The number of nitrogens with zero attached hydrogens (tertiary/aromatic N) is 1. The number of unbranched alkanes of at least 4 members (excludes halogenated alkanes) is 3. The monoisotopic (exact) mass is 341 g/mol. The van der Waals surface area contributed by atoms with Gasteiger partial charge in [-0.15, -0.1) is 0 Å². The molecule has 0 amide bonds. The van der Waals surface area contributed by atoms with Crippen LogP contribution in [0.25, 0.3) is 12.2 Å². The summed E-state index contributed by atoms with van der Waals surface area (Å²) < 4.78 is 5.69. The van der Waals surface area contributed by atoms with Crippen LogP contribution in [0.1, 0.15) is 36.8 Å². The quantitative estimate of drug-likeness (QED) is 0.294. The topological polar surface area (TPSA) is 72.6 Å². The van der Waals surface area contributed by atoms with Crippen LogP contribution in [0.4, 0.5) is 5.69 Å². The van der Waals surface area contributed by atoms with E-state index in [1.165, 1.54) is 12.1 Å². The van der Waals surface area contributed by atoms with Gasteiger partial charge in [0.05, 0.1) is 11.5 Å². The van der Waals surface area contributed by atoms with E-state index in [1.54, 1.807) is 12.1 Å². The summed E-state index contributed by atoms with van der Waals surface area (Å²) in [6, 6.07) is 14.3. The lowest BCUT2D eigenvalue weighted by molar-refractivity contribution is -0.384. The van der Waals surface area contributed by atoms with Gasteiger partial charge in [-0.2, -0.15) is 0 Å². The SMILES string of the molecule is O=[N+]([O-])c1ccc(/C=C/c2ccc(OCCCCCCO)cc2)cc1. The molecule has 0 aromatic heterocycles. The fourth-order valence-corrected chi connectivity index (χ4v) is 2.33. The lowest BCUT2D eigenvalue weighted by Gasteiger charge is -2.06. The van der Waals surface area contributed by atoms with Gasteiger partial charge in [0, 0.05) is 18.7 Å². The zero-order valence-corrected chi connectivity index (χ0v) is 14.1. The van der Waals surface area contributed by atoms with Crippen molar-refractivity contribution in [3.63, 3.8) is 0 Å². The van der Waals surface area contributed by atoms with Crippen LogP contribution < -0.4 is 4.74 Å². The van der Waals surface area contributed by atoms with Gasteiger partial charge in [-0.3, -0.25) is 10.1 Å². The van der Waals surface area contributed by atoms with Crippen molar-refractivity contribution in [2.24, 2.45) is 0 Å². The van der Waals surface area contributed by atoms with Gasteiger partial charge < -0.3 is 9.84 Å². The van der Waals surface area contributed by atoms with Gasteiger partial charge in [0.15, 0.2) is 0 Å². The van der Waals surface area contributed by atoms with Crippen molar-refractivity contribution < 1.29 is 14.8 Å². The molecule has 0 fully saturated rings. The van der Waals surface area contributed by atoms with Gasteiger partial charge in [-0.1, -0.05) is 30.7 Å². The Bertz CT molecular complexity index is 678. The molecule has 0 heterocycles. The molecule has 132 valence electrons. The van der Waals surface area contributed by atoms with Crippen molar-refractivity contribution in [2.75, 3.05) is 13.2 Å². The number of nitro groups is 1. The molecule has 0 aliphatic heterocycles. The number of nitro benzene ring substituents is 1. The number of aliphatic hydroxyl groups is 1. The van der Waals surface area contributed by atoms with Gasteiger partial charge in [0.25, 0.3) is 5.69 Å². The van der Waals surface area contributed by atoms with Crippen LogP contribution in [0.3, 0.4) is 0 Å². The Balaban J connectivity index is 1.80. The number of aliphatic hydroxyl groups excluding tert-OH is 1. The first kappa shape index (κ1) is 18.7. The first-order valence-electron chi connectivity index (χ1n) is 8.45. The van der Waals surface area contributed by atoms with Crippen molar-refractivity contribution in [3.05, 3.63) is 69.8 Å². The highest BCUT2D eigenvalue weighted by molar-refractivity contribution is 5.70. The van der Waals surface area contributed by atoms with E-state index in [4.69, 9.17) is 9.84 Å². The van der Waals surface area contributed by atoms with Crippen molar-refractivity contribution in [1.29, 1.82) is 0 Å². The Hall–Kier alpha value is -2.66. The molecule has 0 aliphatic rings. The van der Waals surface area contributed by atoms with Crippen molar-refractivity contribution >= 4 is 17.8 Å². The summed E-state index contributed by atoms with van der Waals surface area (Å²) in [7, 11) is 0. The molecule has 1 N–H and O–H groups in total. The molecule has 25 heavy (non-hydrogen) atoms. The van der Waals surface area contributed by atoms with Gasteiger partial charge in [-0.05, 0) is 54.7 Å². The molecule has 0 radical (unpaired) electrons. The van der Waals surface area contributed by atoms with Crippen LogP contribution in [-0.2, 0) is 0 Å². The molecule has 5 heteroatoms. The second kappa shape index (κ2) is 10.3. The van der Waals surface area contributed by atoms with Gasteiger partial charge in [0.1, 0.15) is 5.75 Å². The first-order chi connectivity index (χ1) is 12.2. The summed E-state index contributed by atoms with van der Waals surface area (Å²) in [6.45, 7) is 0.944. The Morgan fingerprint density at radius 1 is 0.880 bits per heavy atom. The number of non-ortho nitro benzene ring substituents is 1. The smallest absolute Gasteiger partial charge is 0.269 e. The zero-order valence-electron chi connectivity index (χ0n) is 14.1. The Morgan fingerprint density at radius 3 is 2.00 bits per heavy atom. The molecule has 0 saturated heterocycles. The Morgan fingerprint density at radius 2 is 1.44 bits per heavy atom. The predicted octanol–water partition coefficient (Wildman–Crippen LogP) is 4.70. The van der Waals surface area contributed by atoms with Crippen molar-refractivity contribution in [2.45, 2.75) is 25.7 Å². The highest BCUT2D eigenvalue weighted by Crippen LogP contribution is 2.17. The van der Waals surface area contributed by atoms with Crippen molar-refractivity contribution in [3.8, 4) is 5.75 Å². The molecule has 2 aromatic carbocycles. The fraction of sp³-hybridized carbons (Fsp3) is 0.300. The van der Waals surface area contributed by atoms with Gasteiger partial charge in [0.2, 0.25) is 0 Å². The van der Waals surface area contributed by atoms with E-state index in [1.807, 2.05) is 36.4 Å². The third-order valence-electron chi connectivity index (χ3n) is 3.77. The third-order valence-corrected chi connectivity index (χ3v) is 3.77. The van der Waals surface area contributed by atoms with E-state index in [9.17, 15) is 10.1 Å². The molecule has 0 unspecified atom stereocenters. The minimum absolute atomic E-state index is 0.0926. The maximum absolute atomic E-state index is 10.6. The van der Waals surface area contributed by atoms with Crippen LogP contribution in [0.5, 0.6) is 5.75 Å². The summed E-state index contributed by atoms with van der Waals surface area (Å²) in [5.74, 6) is 0.842. The molecular formula is C20H23NO4. The molecule has 0 bridgehead atoms. The van der Waals surface area contributed by atoms with E-state index in [2.05, 4.69) is 0 Å². The van der Waals surface area contributed by atoms with Gasteiger partial charge in [-0.25, -0.2) is 0 Å². The molecule has 2 aromatic rings. The number of ether oxygens (including phenoxy) is 1. The maximum Gasteiger partial charge on any atom is 0.269 e. The fourth-order valence-electron chi connectivity index (χ4n) is 2.33. The predicted molar refractivity (Wildman–Crippen MR) is 99.5 cm³/mol. The Kier molecular flexibility index (Phi) is 7.66. The average Bonchev–Trinajstić information content (AvgIpc) is 2.64. The van der Waals surface area contributed by atoms with Crippen LogP contribution in [0.2, 0.25) is 0 Å². The van der Waals surface area contributed by atoms with Crippen LogP contribution in [-0.4, -0.2) is 23.2 Å². The molecule has 0 spiro atoms. The largest absolute Gasteiger partial charge is 0.494 e. The summed E-state index contributed by atoms with van der Waals surface area (Å²) in [5.41, 5.74) is 2.04. The third kappa shape index (κ3) is 6.77. The normalized spacial score (nSPS) is 10.9. The first-order valence-corrected chi connectivity index (χ1v) is 8.45. The molecule has 5 nitrogen and oxygen atoms in total. The lowest BCUT2D eigenvalue weighted by Crippen LogP contribution is -1.97. The lowest BCUT2D eigenvalue weighted by atomic mass is 10.1. The number of benzene rings is 2. The summed E-state index contributed by atoms with van der Waals surface area (Å²) in [6.07, 6.45) is 7.82. The zero-order chi connectivity index (χ0) is 17.9. The summed E-state index contributed by atoms with van der Waals surface area (Å²) >= 11 is 0. The van der Waals surface area contributed by atoms with E-state index in [-0.39, 0.29) is 12.3 Å². The average molecular weight is 341 g/mol. The summed E-state index contributed by atoms with van der Waals surface area (Å²) in [5, 5.41) is 19.3. The van der Waals surface area contributed by atoms with Crippen LogP contribution in [0, 0.1) is 10.1 Å². The minimum atomic E-state index is -0.404. The molecule has 2 rings (SSSR count). The molecule has 0 atom stereocenters. The minimum Gasteiger partial charge on any atom is -0.494 e. The van der Waals surface area contributed by atoms with Crippen LogP contribution >= 0.6 is 0 Å². The van der Waals surface area contributed by atoms with Gasteiger partial charge >= 0.3 is 0 Å². The van der Waals surface area contributed by atoms with E-state index in [0.717, 1.165) is 42.6 Å². The molecular weight excluding hydrogens is 318 g/mol. The standard InChI is InChI=1S/C20H23NO4/c22-15-3-1-2-4-16-25-20-13-9-18(10-14-20)6-5-17-7-11-19(12-8-17)21(23)24/h5-14,22H,1-4,15-16H2/b6-5+. The van der Waals surface area contributed by atoms with Crippen LogP contribution in [0.15, 0.2) is 48.5 Å². The Labute approximate surface area is 147 Å². The molecule has 0 saturated carbocycles. The number of rotatable bonds is 10.